The Hall–Kier alpha value is -2.30. The van der Waals surface area contributed by atoms with Crippen LogP contribution < -0.4 is 10.1 Å². The fraction of sp³-hybridized carbons (Fsp3) is 0.375. The van der Waals surface area contributed by atoms with Crippen molar-refractivity contribution in [3.63, 3.8) is 0 Å². The van der Waals surface area contributed by atoms with Gasteiger partial charge in [-0.25, -0.2) is 0 Å². The minimum Gasteiger partial charge on any atom is -0.465 e. The predicted molar refractivity (Wildman–Crippen MR) is 78.8 cm³/mol. The molecular formula is C16H20N2O3. The van der Waals surface area contributed by atoms with Crippen LogP contribution in [-0.4, -0.2) is 17.7 Å². The van der Waals surface area contributed by atoms with Gasteiger partial charge < -0.3 is 14.6 Å². The molecule has 0 aliphatic heterocycles. The smallest absolute Gasteiger partial charge is 0.258 e. The van der Waals surface area contributed by atoms with E-state index >= 15 is 0 Å². The molecule has 0 bridgehead atoms. The fourth-order valence-electron chi connectivity index (χ4n) is 2.09. The Labute approximate surface area is 124 Å². The van der Waals surface area contributed by atoms with Crippen molar-refractivity contribution < 1.29 is 14.1 Å². The van der Waals surface area contributed by atoms with E-state index in [-0.39, 0.29) is 18.6 Å². The summed E-state index contributed by atoms with van der Waals surface area (Å²) in [7, 11) is 0. The van der Waals surface area contributed by atoms with Crippen LogP contribution in [0.4, 0.5) is 0 Å². The Morgan fingerprint density at radius 1 is 1.29 bits per heavy atom. The summed E-state index contributed by atoms with van der Waals surface area (Å²) in [5, 5.41) is 6.60. The van der Waals surface area contributed by atoms with E-state index < -0.39 is 0 Å². The zero-order chi connectivity index (χ0) is 15.1. The lowest BCUT2D eigenvalue weighted by Crippen LogP contribution is -2.33. The van der Waals surface area contributed by atoms with Gasteiger partial charge in [-0.15, -0.1) is 0 Å². The van der Waals surface area contributed by atoms with Gasteiger partial charge in [-0.1, -0.05) is 44.2 Å². The van der Waals surface area contributed by atoms with E-state index in [0.29, 0.717) is 11.8 Å². The minimum absolute atomic E-state index is 0.0143. The first kappa shape index (κ1) is 15.1. The van der Waals surface area contributed by atoms with Gasteiger partial charge in [0.15, 0.2) is 6.61 Å². The van der Waals surface area contributed by atoms with Crippen LogP contribution in [0.15, 0.2) is 47.2 Å². The number of aromatic nitrogens is 1. The summed E-state index contributed by atoms with van der Waals surface area (Å²) >= 11 is 0. The highest BCUT2D eigenvalue weighted by Gasteiger charge is 2.16. The van der Waals surface area contributed by atoms with Gasteiger partial charge in [0.25, 0.3) is 11.8 Å². The van der Waals surface area contributed by atoms with Crippen LogP contribution in [0.1, 0.15) is 31.9 Å². The molecule has 5 nitrogen and oxygen atoms in total. The van der Waals surface area contributed by atoms with Gasteiger partial charge in [-0.3, -0.25) is 4.79 Å². The average molecular weight is 288 g/mol. The number of benzene rings is 1. The van der Waals surface area contributed by atoms with E-state index in [9.17, 15) is 4.79 Å². The van der Waals surface area contributed by atoms with Gasteiger partial charge in [0.2, 0.25) is 0 Å². The molecule has 1 aromatic heterocycles. The van der Waals surface area contributed by atoms with Crippen LogP contribution in [0.2, 0.25) is 0 Å². The van der Waals surface area contributed by atoms with Crippen molar-refractivity contribution in [1.29, 1.82) is 0 Å². The maximum absolute atomic E-state index is 12.0. The first-order valence-corrected chi connectivity index (χ1v) is 7.02. The molecule has 0 spiro atoms. The van der Waals surface area contributed by atoms with E-state index in [4.69, 9.17) is 4.74 Å². The van der Waals surface area contributed by atoms with Crippen molar-refractivity contribution in [2.45, 2.75) is 26.3 Å². The lowest BCUT2D eigenvalue weighted by atomic mass is 9.97. The maximum atomic E-state index is 12.0. The summed E-state index contributed by atoms with van der Waals surface area (Å²) in [6.07, 6.45) is 2.28. The largest absolute Gasteiger partial charge is 0.465 e. The zero-order valence-corrected chi connectivity index (χ0v) is 12.3. The summed E-state index contributed by atoms with van der Waals surface area (Å²) < 4.78 is 9.88. The second kappa shape index (κ2) is 7.47. The van der Waals surface area contributed by atoms with Crippen molar-refractivity contribution in [2.24, 2.45) is 5.92 Å². The summed E-state index contributed by atoms with van der Waals surface area (Å²) in [5.74, 6) is 0.615. The molecule has 5 heteroatoms. The Bertz CT molecular complexity index is 538. The molecule has 1 amide bonds. The Balaban J connectivity index is 1.93. The molecule has 1 aromatic carbocycles. The second-order valence-corrected chi connectivity index (χ2v) is 5.29. The number of carbonyl (C=O) groups excluding carboxylic acids is 1. The summed E-state index contributed by atoms with van der Waals surface area (Å²) in [6.45, 7) is 4.19. The summed E-state index contributed by atoms with van der Waals surface area (Å²) in [4.78, 5) is 12.0. The summed E-state index contributed by atoms with van der Waals surface area (Å²) in [5.41, 5.74) is 1.10. The van der Waals surface area contributed by atoms with Gasteiger partial charge >= 0.3 is 0 Å². The number of carbonyl (C=O) groups is 1. The molecule has 0 aliphatic rings. The quantitative estimate of drug-likeness (QED) is 0.850. The standard InChI is InChI=1S/C16H20N2O3/c1-12(2)10-14(13-6-4-3-5-7-13)17-15(19)11-20-16-8-9-21-18-16/h3-9,12,14H,10-11H2,1-2H3,(H,17,19). The third-order valence-electron chi connectivity index (χ3n) is 3.01. The third-order valence-corrected chi connectivity index (χ3v) is 3.01. The number of nitrogens with one attached hydrogen (secondary N) is 1. The monoisotopic (exact) mass is 288 g/mol. The van der Waals surface area contributed by atoms with Crippen molar-refractivity contribution in [3.8, 4) is 5.88 Å². The number of nitrogens with zero attached hydrogens (tertiary/aromatic N) is 1. The molecule has 2 aromatic rings. The molecule has 112 valence electrons. The molecule has 0 saturated heterocycles. The second-order valence-electron chi connectivity index (χ2n) is 5.29. The van der Waals surface area contributed by atoms with Crippen LogP contribution in [0, 0.1) is 5.92 Å². The highest BCUT2D eigenvalue weighted by atomic mass is 16.5. The van der Waals surface area contributed by atoms with Gasteiger partial charge in [0, 0.05) is 6.07 Å². The number of ether oxygens (including phenoxy) is 1. The van der Waals surface area contributed by atoms with Crippen molar-refractivity contribution in [1.82, 2.24) is 10.5 Å². The molecule has 1 N–H and O–H groups in total. The van der Waals surface area contributed by atoms with E-state index in [0.717, 1.165) is 12.0 Å². The summed E-state index contributed by atoms with van der Waals surface area (Å²) in [6, 6.07) is 11.5. The van der Waals surface area contributed by atoms with E-state index in [1.807, 2.05) is 30.3 Å². The fourth-order valence-corrected chi connectivity index (χ4v) is 2.09. The molecule has 2 rings (SSSR count). The lowest BCUT2D eigenvalue weighted by Gasteiger charge is -2.21. The first-order chi connectivity index (χ1) is 10.1. The van der Waals surface area contributed by atoms with Crippen LogP contribution >= 0.6 is 0 Å². The molecule has 0 fully saturated rings. The molecule has 0 saturated carbocycles. The zero-order valence-electron chi connectivity index (χ0n) is 12.3. The highest BCUT2D eigenvalue weighted by Crippen LogP contribution is 2.20. The maximum Gasteiger partial charge on any atom is 0.258 e. The average Bonchev–Trinajstić information content (AvgIpc) is 2.98. The third kappa shape index (κ3) is 4.95. The van der Waals surface area contributed by atoms with Crippen molar-refractivity contribution in [3.05, 3.63) is 48.2 Å². The van der Waals surface area contributed by atoms with Gasteiger partial charge in [0.05, 0.1) is 6.04 Å². The highest BCUT2D eigenvalue weighted by molar-refractivity contribution is 5.78. The van der Waals surface area contributed by atoms with Gasteiger partial charge in [-0.2, -0.15) is 0 Å². The molecule has 21 heavy (non-hydrogen) atoms. The van der Waals surface area contributed by atoms with Crippen LogP contribution in [-0.2, 0) is 4.79 Å². The van der Waals surface area contributed by atoms with Crippen LogP contribution in [0.5, 0.6) is 5.88 Å². The Morgan fingerprint density at radius 3 is 2.67 bits per heavy atom. The van der Waals surface area contributed by atoms with Crippen molar-refractivity contribution >= 4 is 5.91 Å². The number of hydrogen-bond acceptors (Lipinski definition) is 4. The van der Waals surface area contributed by atoms with Crippen LogP contribution in [0.3, 0.4) is 0 Å². The SMILES string of the molecule is CC(C)CC(NC(=O)COc1ccon1)c1ccccc1. The van der Waals surface area contributed by atoms with Gasteiger partial charge in [0.1, 0.15) is 6.26 Å². The van der Waals surface area contributed by atoms with E-state index in [1.165, 1.54) is 6.26 Å². The predicted octanol–water partition coefficient (Wildman–Crippen LogP) is 2.96. The molecule has 0 aliphatic carbocycles. The molecule has 1 heterocycles. The topological polar surface area (TPSA) is 64.4 Å². The van der Waals surface area contributed by atoms with Crippen molar-refractivity contribution in [2.75, 3.05) is 6.61 Å². The first-order valence-electron chi connectivity index (χ1n) is 7.02. The van der Waals surface area contributed by atoms with E-state index in [2.05, 4.69) is 28.8 Å². The van der Waals surface area contributed by atoms with Gasteiger partial charge in [-0.05, 0) is 23.1 Å². The lowest BCUT2D eigenvalue weighted by molar-refractivity contribution is -0.124. The molecular weight excluding hydrogens is 268 g/mol. The normalized spacial score (nSPS) is 12.1. The molecule has 1 unspecified atom stereocenters. The molecule has 1 atom stereocenters. The molecule has 0 radical (unpaired) electrons. The number of hydrogen-bond donors (Lipinski definition) is 1. The number of amides is 1. The Kier molecular flexibility index (Phi) is 5.37. The number of rotatable bonds is 7. The Morgan fingerprint density at radius 2 is 2.05 bits per heavy atom. The van der Waals surface area contributed by atoms with Crippen LogP contribution in [0.25, 0.3) is 0 Å². The van der Waals surface area contributed by atoms with E-state index in [1.54, 1.807) is 6.07 Å². The minimum atomic E-state index is -0.174.